The van der Waals surface area contributed by atoms with Gasteiger partial charge in [-0.25, -0.2) is 4.79 Å². The maximum absolute atomic E-state index is 11.8. The zero-order chi connectivity index (χ0) is 15.7. The minimum atomic E-state index is -0.933. The number of hydrogen-bond donors (Lipinski definition) is 2. The lowest BCUT2D eigenvalue weighted by Gasteiger charge is -2.21. The fraction of sp³-hybridized carbons (Fsp3) is 0.429. The Morgan fingerprint density at radius 1 is 1.33 bits per heavy atom. The van der Waals surface area contributed by atoms with Gasteiger partial charge in [-0.1, -0.05) is 15.9 Å². The van der Waals surface area contributed by atoms with Crippen LogP contribution in [0.3, 0.4) is 0 Å². The van der Waals surface area contributed by atoms with Crippen molar-refractivity contribution in [1.29, 1.82) is 0 Å². The van der Waals surface area contributed by atoms with Gasteiger partial charge in [0.25, 0.3) is 0 Å². The van der Waals surface area contributed by atoms with E-state index in [4.69, 9.17) is 9.84 Å². The van der Waals surface area contributed by atoms with Crippen LogP contribution < -0.4 is 10.1 Å². The highest BCUT2D eigenvalue weighted by atomic mass is 79.9. The van der Waals surface area contributed by atoms with Crippen LogP contribution in [0.5, 0.6) is 5.75 Å². The van der Waals surface area contributed by atoms with Gasteiger partial charge in [-0.2, -0.15) is 0 Å². The van der Waals surface area contributed by atoms with E-state index >= 15 is 0 Å². The molecule has 1 aromatic rings. The maximum atomic E-state index is 11.8. The number of aliphatic carboxylic acids is 1. The number of benzene rings is 1. The van der Waals surface area contributed by atoms with Crippen LogP contribution in [0.2, 0.25) is 0 Å². The third kappa shape index (κ3) is 6.99. The van der Waals surface area contributed by atoms with Gasteiger partial charge in [0, 0.05) is 17.6 Å². The topological polar surface area (TPSA) is 78.9 Å². The van der Waals surface area contributed by atoms with E-state index in [1.165, 1.54) is 0 Å². The number of carbonyl (C=O) groups excluding carboxylic acids is 1. The van der Waals surface area contributed by atoms with E-state index in [-0.39, 0.29) is 19.0 Å². The van der Waals surface area contributed by atoms with Crippen molar-refractivity contribution in [3.05, 3.63) is 28.7 Å². The molecule has 6 nitrogen and oxygen atoms in total. The monoisotopic (exact) mass is 358 g/mol. The minimum Gasteiger partial charge on any atom is -0.492 e. The van der Waals surface area contributed by atoms with E-state index in [2.05, 4.69) is 21.2 Å². The SMILES string of the molecule is CCN(CCOc1ccc(Br)cc1)C(=O)NCCC(=O)O. The average molecular weight is 359 g/mol. The highest BCUT2D eigenvalue weighted by Gasteiger charge is 2.11. The Morgan fingerprint density at radius 2 is 2.00 bits per heavy atom. The number of urea groups is 1. The second kappa shape index (κ2) is 9.23. The summed E-state index contributed by atoms with van der Waals surface area (Å²) >= 11 is 3.34. The van der Waals surface area contributed by atoms with Crippen molar-refractivity contribution in [3.8, 4) is 5.75 Å². The van der Waals surface area contributed by atoms with Crippen LogP contribution in [0.1, 0.15) is 13.3 Å². The number of rotatable bonds is 8. The van der Waals surface area contributed by atoms with E-state index in [0.717, 1.165) is 10.2 Å². The molecule has 0 fully saturated rings. The molecule has 2 amide bonds. The number of likely N-dealkylation sites (N-methyl/N-ethyl adjacent to an activating group) is 1. The van der Waals surface area contributed by atoms with Crippen molar-refractivity contribution in [2.75, 3.05) is 26.2 Å². The van der Waals surface area contributed by atoms with Crippen molar-refractivity contribution in [3.63, 3.8) is 0 Å². The Kier molecular flexibility index (Phi) is 7.60. The molecule has 0 atom stereocenters. The first-order valence-corrected chi connectivity index (χ1v) is 7.45. The van der Waals surface area contributed by atoms with Crippen LogP contribution in [0.25, 0.3) is 0 Å². The van der Waals surface area contributed by atoms with Crippen LogP contribution in [-0.4, -0.2) is 48.2 Å². The van der Waals surface area contributed by atoms with E-state index in [1.54, 1.807) is 4.90 Å². The largest absolute Gasteiger partial charge is 0.492 e. The van der Waals surface area contributed by atoms with Gasteiger partial charge in [-0.3, -0.25) is 4.79 Å². The molecule has 21 heavy (non-hydrogen) atoms. The van der Waals surface area contributed by atoms with Gasteiger partial charge in [0.1, 0.15) is 12.4 Å². The third-order valence-electron chi connectivity index (χ3n) is 2.73. The van der Waals surface area contributed by atoms with Crippen LogP contribution in [0.15, 0.2) is 28.7 Å². The number of amides is 2. The Hall–Kier alpha value is -1.76. The van der Waals surface area contributed by atoms with Gasteiger partial charge < -0.3 is 20.1 Å². The number of nitrogens with one attached hydrogen (secondary N) is 1. The summed E-state index contributed by atoms with van der Waals surface area (Å²) in [5.41, 5.74) is 0. The summed E-state index contributed by atoms with van der Waals surface area (Å²) in [5, 5.41) is 11.1. The van der Waals surface area contributed by atoms with Gasteiger partial charge in [0.05, 0.1) is 13.0 Å². The first-order chi connectivity index (χ1) is 10.0. The van der Waals surface area contributed by atoms with Crippen LogP contribution in [0, 0.1) is 0 Å². The molecule has 116 valence electrons. The van der Waals surface area contributed by atoms with Gasteiger partial charge in [-0.15, -0.1) is 0 Å². The molecule has 1 rings (SSSR count). The second-order valence-corrected chi connectivity index (χ2v) is 5.17. The van der Waals surface area contributed by atoms with Gasteiger partial charge in [0.2, 0.25) is 0 Å². The summed E-state index contributed by atoms with van der Waals surface area (Å²) in [6.07, 6.45) is -0.0846. The van der Waals surface area contributed by atoms with Crippen LogP contribution in [0.4, 0.5) is 4.79 Å². The molecule has 7 heteroatoms. The molecule has 0 saturated heterocycles. The van der Waals surface area contributed by atoms with Crippen molar-refractivity contribution in [2.24, 2.45) is 0 Å². The van der Waals surface area contributed by atoms with Crippen molar-refractivity contribution in [2.45, 2.75) is 13.3 Å². The standard InChI is InChI=1S/C14H19BrN2O4/c1-2-17(14(20)16-8-7-13(18)19)9-10-21-12-5-3-11(15)4-6-12/h3-6H,2,7-10H2,1H3,(H,16,20)(H,18,19). The molecule has 0 radical (unpaired) electrons. The minimum absolute atomic E-state index is 0.0846. The quantitative estimate of drug-likeness (QED) is 0.747. The lowest BCUT2D eigenvalue weighted by Crippen LogP contribution is -2.42. The molecule has 2 N–H and O–H groups in total. The molecular weight excluding hydrogens is 340 g/mol. The lowest BCUT2D eigenvalue weighted by molar-refractivity contribution is -0.136. The van der Waals surface area contributed by atoms with Gasteiger partial charge >= 0.3 is 12.0 Å². The predicted molar refractivity (Wildman–Crippen MR) is 82.5 cm³/mol. The smallest absolute Gasteiger partial charge is 0.317 e. The number of carboxylic acid groups (broad SMARTS) is 1. The molecule has 0 spiro atoms. The Bertz CT molecular complexity index is 465. The number of carboxylic acids is 1. The lowest BCUT2D eigenvalue weighted by atomic mass is 10.3. The predicted octanol–water partition coefficient (Wildman–Crippen LogP) is 2.33. The fourth-order valence-electron chi connectivity index (χ4n) is 1.60. The summed E-state index contributed by atoms with van der Waals surface area (Å²) in [5.74, 6) is -0.197. The average Bonchev–Trinajstić information content (AvgIpc) is 2.45. The van der Waals surface area contributed by atoms with E-state index in [1.807, 2.05) is 31.2 Å². The van der Waals surface area contributed by atoms with Gasteiger partial charge in [-0.05, 0) is 31.2 Å². The molecule has 0 saturated carbocycles. The first-order valence-electron chi connectivity index (χ1n) is 6.66. The zero-order valence-corrected chi connectivity index (χ0v) is 13.4. The van der Waals surface area contributed by atoms with E-state index in [9.17, 15) is 9.59 Å². The van der Waals surface area contributed by atoms with E-state index < -0.39 is 5.97 Å². The number of carbonyl (C=O) groups is 2. The van der Waals surface area contributed by atoms with Crippen LogP contribution >= 0.6 is 15.9 Å². The summed E-state index contributed by atoms with van der Waals surface area (Å²) in [6, 6.07) is 7.16. The summed E-state index contributed by atoms with van der Waals surface area (Å²) in [7, 11) is 0. The molecule has 0 bridgehead atoms. The van der Waals surface area contributed by atoms with Gasteiger partial charge in [0.15, 0.2) is 0 Å². The summed E-state index contributed by atoms with van der Waals surface area (Å²) in [4.78, 5) is 23.8. The molecule has 0 unspecified atom stereocenters. The molecule has 0 aliphatic heterocycles. The highest BCUT2D eigenvalue weighted by molar-refractivity contribution is 9.10. The molecular formula is C14H19BrN2O4. The number of hydrogen-bond acceptors (Lipinski definition) is 3. The maximum Gasteiger partial charge on any atom is 0.317 e. The number of halogens is 1. The zero-order valence-electron chi connectivity index (χ0n) is 11.8. The molecule has 0 heterocycles. The third-order valence-corrected chi connectivity index (χ3v) is 3.26. The van der Waals surface area contributed by atoms with Crippen LogP contribution in [-0.2, 0) is 4.79 Å². The highest BCUT2D eigenvalue weighted by Crippen LogP contribution is 2.15. The molecule has 1 aromatic carbocycles. The second-order valence-electron chi connectivity index (χ2n) is 4.26. The summed E-state index contributed by atoms with van der Waals surface area (Å²) in [6.45, 7) is 3.32. The Labute approximate surface area is 132 Å². The summed E-state index contributed by atoms with van der Waals surface area (Å²) < 4.78 is 6.52. The molecule has 0 aliphatic carbocycles. The fourth-order valence-corrected chi connectivity index (χ4v) is 1.86. The van der Waals surface area contributed by atoms with E-state index in [0.29, 0.717) is 19.7 Å². The first kappa shape index (κ1) is 17.3. The van der Waals surface area contributed by atoms with Crippen molar-refractivity contribution >= 4 is 27.9 Å². The molecule has 0 aliphatic rings. The molecule has 0 aromatic heterocycles. The van der Waals surface area contributed by atoms with Crippen molar-refractivity contribution in [1.82, 2.24) is 10.2 Å². The normalized spacial score (nSPS) is 10.0. The Morgan fingerprint density at radius 3 is 2.57 bits per heavy atom. The number of ether oxygens (including phenoxy) is 1. The number of nitrogens with zero attached hydrogens (tertiary/aromatic N) is 1. The Balaban J connectivity index is 2.31. The van der Waals surface area contributed by atoms with Crippen molar-refractivity contribution < 1.29 is 19.4 Å².